The number of aromatic hydroxyl groups is 1. The van der Waals surface area contributed by atoms with Crippen molar-refractivity contribution in [3.63, 3.8) is 0 Å². The Balaban J connectivity index is 3.16. The van der Waals surface area contributed by atoms with Gasteiger partial charge in [0.15, 0.2) is 11.5 Å². The summed E-state index contributed by atoms with van der Waals surface area (Å²) in [6, 6.07) is 2.71. The van der Waals surface area contributed by atoms with Gasteiger partial charge in [-0.1, -0.05) is 0 Å². The predicted molar refractivity (Wildman–Crippen MR) is 49.5 cm³/mol. The highest BCUT2D eigenvalue weighted by atomic mass is 16.5. The first-order valence-corrected chi connectivity index (χ1v) is 4.02. The normalized spacial score (nSPS) is 9.57. The Morgan fingerprint density at radius 2 is 2.14 bits per heavy atom. The zero-order chi connectivity index (χ0) is 10.7. The van der Waals surface area contributed by atoms with E-state index in [1.807, 2.05) is 0 Å². The molecule has 74 valence electrons. The van der Waals surface area contributed by atoms with E-state index in [1.54, 1.807) is 6.92 Å². The van der Waals surface area contributed by atoms with Gasteiger partial charge in [0, 0.05) is 12.5 Å². The summed E-state index contributed by atoms with van der Waals surface area (Å²) < 4.78 is 4.69. The van der Waals surface area contributed by atoms with Crippen LogP contribution in [0.4, 0.5) is 0 Å². The molecule has 0 aliphatic carbocycles. The molecule has 1 rings (SSSR count). The number of carbonyl (C=O) groups is 2. The second kappa shape index (κ2) is 3.91. The van der Waals surface area contributed by atoms with Crippen LogP contribution in [0.1, 0.15) is 22.8 Å². The molecular weight excluding hydrogens is 184 g/mol. The van der Waals surface area contributed by atoms with E-state index in [4.69, 9.17) is 4.74 Å². The van der Waals surface area contributed by atoms with Gasteiger partial charge in [-0.25, -0.2) is 0 Å². The molecule has 0 aliphatic heterocycles. The molecule has 1 N–H and O–H groups in total. The third kappa shape index (κ3) is 2.10. The van der Waals surface area contributed by atoms with E-state index >= 15 is 0 Å². The number of phenolic OH excluding ortho intramolecular Hbond substituents is 1. The van der Waals surface area contributed by atoms with Gasteiger partial charge in [-0.2, -0.15) is 0 Å². The van der Waals surface area contributed by atoms with Crippen molar-refractivity contribution in [3.05, 3.63) is 23.3 Å². The lowest BCUT2D eigenvalue weighted by atomic mass is 10.1. The topological polar surface area (TPSA) is 63.6 Å². The number of hydrogen-bond donors (Lipinski definition) is 1. The average molecular weight is 194 g/mol. The largest absolute Gasteiger partial charge is 0.504 e. The van der Waals surface area contributed by atoms with Gasteiger partial charge in [0.25, 0.3) is 0 Å². The number of aldehydes is 1. The number of hydrogen-bond acceptors (Lipinski definition) is 4. The number of aryl methyl sites for hydroxylation is 1. The maximum Gasteiger partial charge on any atom is 0.308 e. The Morgan fingerprint density at radius 3 is 2.64 bits per heavy atom. The van der Waals surface area contributed by atoms with E-state index in [2.05, 4.69) is 0 Å². The second-order valence-electron chi connectivity index (χ2n) is 2.89. The minimum Gasteiger partial charge on any atom is -0.504 e. The first kappa shape index (κ1) is 10.2. The molecule has 4 heteroatoms. The molecule has 0 aliphatic rings. The number of benzene rings is 1. The van der Waals surface area contributed by atoms with Gasteiger partial charge in [-0.15, -0.1) is 0 Å². The standard InChI is InChI=1S/C10H10O4/c1-6-3-9(13)10(14-7(2)12)4-8(6)5-11/h3-5,13H,1-2H3. The lowest BCUT2D eigenvalue weighted by Gasteiger charge is -2.06. The summed E-state index contributed by atoms with van der Waals surface area (Å²) in [5.41, 5.74) is 1.02. The summed E-state index contributed by atoms with van der Waals surface area (Å²) in [5.74, 6) is -0.686. The van der Waals surface area contributed by atoms with Gasteiger partial charge in [0.05, 0.1) is 0 Å². The fourth-order valence-electron chi connectivity index (χ4n) is 1.05. The number of ether oxygens (including phenoxy) is 1. The van der Waals surface area contributed by atoms with Crippen LogP contribution in [0.5, 0.6) is 11.5 Å². The summed E-state index contributed by atoms with van der Waals surface area (Å²) in [4.78, 5) is 21.2. The quantitative estimate of drug-likeness (QED) is 0.439. The average Bonchev–Trinajstić information content (AvgIpc) is 2.09. The van der Waals surface area contributed by atoms with Crippen molar-refractivity contribution in [1.82, 2.24) is 0 Å². The molecule has 1 aromatic rings. The Morgan fingerprint density at radius 1 is 1.50 bits per heavy atom. The van der Waals surface area contributed by atoms with Crippen molar-refractivity contribution in [2.24, 2.45) is 0 Å². The SMILES string of the molecule is CC(=O)Oc1cc(C=O)c(C)cc1O. The van der Waals surface area contributed by atoms with Crippen LogP contribution >= 0.6 is 0 Å². The molecule has 0 fully saturated rings. The van der Waals surface area contributed by atoms with Crippen molar-refractivity contribution >= 4 is 12.3 Å². The van der Waals surface area contributed by atoms with Crippen LogP contribution in [0.2, 0.25) is 0 Å². The first-order chi connectivity index (χ1) is 6.54. The molecular formula is C10H10O4. The van der Waals surface area contributed by atoms with Crippen LogP contribution in [0, 0.1) is 6.92 Å². The molecule has 0 radical (unpaired) electrons. The molecule has 0 atom stereocenters. The van der Waals surface area contributed by atoms with Crippen molar-refractivity contribution in [2.75, 3.05) is 0 Å². The number of phenols is 1. The third-order valence-corrected chi connectivity index (χ3v) is 1.73. The number of carbonyl (C=O) groups excluding carboxylic acids is 2. The minimum absolute atomic E-state index is 0.00481. The Hall–Kier alpha value is -1.84. The summed E-state index contributed by atoms with van der Waals surface area (Å²) in [6.45, 7) is 2.90. The van der Waals surface area contributed by atoms with Crippen LogP contribution in [0.3, 0.4) is 0 Å². The fourth-order valence-corrected chi connectivity index (χ4v) is 1.05. The summed E-state index contributed by atoms with van der Waals surface area (Å²) >= 11 is 0. The fraction of sp³-hybridized carbons (Fsp3) is 0.200. The van der Waals surface area contributed by atoms with E-state index in [0.29, 0.717) is 17.4 Å². The number of rotatable bonds is 2. The molecule has 4 nitrogen and oxygen atoms in total. The maximum atomic E-state index is 10.6. The highest BCUT2D eigenvalue weighted by molar-refractivity contribution is 5.80. The molecule has 0 heterocycles. The monoisotopic (exact) mass is 194 g/mol. The van der Waals surface area contributed by atoms with E-state index in [1.165, 1.54) is 19.1 Å². The van der Waals surface area contributed by atoms with E-state index in [-0.39, 0.29) is 11.5 Å². The van der Waals surface area contributed by atoms with E-state index < -0.39 is 5.97 Å². The highest BCUT2D eigenvalue weighted by Crippen LogP contribution is 2.28. The maximum absolute atomic E-state index is 10.6. The molecule has 0 bridgehead atoms. The molecule has 0 saturated carbocycles. The Kier molecular flexibility index (Phi) is 2.86. The first-order valence-electron chi connectivity index (χ1n) is 4.02. The molecule has 0 unspecified atom stereocenters. The van der Waals surface area contributed by atoms with Crippen LogP contribution in [0.15, 0.2) is 12.1 Å². The lowest BCUT2D eigenvalue weighted by molar-refractivity contribution is -0.132. The van der Waals surface area contributed by atoms with E-state index in [9.17, 15) is 14.7 Å². The predicted octanol–water partition coefficient (Wildman–Crippen LogP) is 1.44. The minimum atomic E-state index is -0.541. The van der Waals surface area contributed by atoms with Gasteiger partial charge in [0.2, 0.25) is 0 Å². The van der Waals surface area contributed by atoms with Crippen LogP contribution < -0.4 is 4.74 Å². The smallest absolute Gasteiger partial charge is 0.308 e. The second-order valence-corrected chi connectivity index (χ2v) is 2.89. The Labute approximate surface area is 81.1 Å². The van der Waals surface area contributed by atoms with Crippen LogP contribution in [0.25, 0.3) is 0 Å². The lowest BCUT2D eigenvalue weighted by Crippen LogP contribution is -2.02. The zero-order valence-electron chi connectivity index (χ0n) is 7.90. The zero-order valence-corrected chi connectivity index (χ0v) is 7.90. The van der Waals surface area contributed by atoms with Crippen LogP contribution in [-0.4, -0.2) is 17.4 Å². The molecule has 0 saturated heterocycles. The molecule has 0 amide bonds. The summed E-state index contributed by atoms with van der Waals surface area (Å²) in [7, 11) is 0. The third-order valence-electron chi connectivity index (χ3n) is 1.73. The van der Waals surface area contributed by atoms with E-state index in [0.717, 1.165) is 0 Å². The van der Waals surface area contributed by atoms with Gasteiger partial charge >= 0.3 is 5.97 Å². The van der Waals surface area contributed by atoms with Crippen molar-refractivity contribution < 1.29 is 19.4 Å². The summed E-state index contributed by atoms with van der Waals surface area (Å²) in [5, 5.41) is 9.37. The Bertz CT molecular complexity index is 382. The van der Waals surface area contributed by atoms with Gasteiger partial charge in [0.1, 0.15) is 6.29 Å². The van der Waals surface area contributed by atoms with Crippen molar-refractivity contribution in [1.29, 1.82) is 0 Å². The van der Waals surface area contributed by atoms with Crippen molar-refractivity contribution in [2.45, 2.75) is 13.8 Å². The van der Waals surface area contributed by atoms with Gasteiger partial charge < -0.3 is 9.84 Å². The summed E-state index contributed by atoms with van der Waals surface area (Å²) in [6.07, 6.45) is 0.641. The van der Waals surface area contributed by atoms with Gasteiger partial charge in [-0.3, -0.25) is 9.59 Å². The van der Waals surface area contributed by atoms with Gasteiger partial charge in [-0.05, 0) is 24.6 Å². The highest BCUT2D eigenvalue weighted by Gasteiger charge is 2.08. The van der Waals surface area contributed by atoms with Crippen molar-refractivity contribution in [3.8, 4) is 11.5 Å². The number of esters is 1. The van der Waals surface area contributed by atoms with Crippen LogP contribution in [-0.2, 0) is 4.79 Å². The molecule has 0 spiro atoms. The molecule has 14 heavy (non-hydrogen) atoms. The molecule has 0 aromatic heterocycles. The molecule has 1 aromatic carbocycles.